The topological polar surface area (TPSA) is 58.9 Å². The van der Waals surface area contributed by atoms with E-state index in [1.54, 1.807) is 12.1 Å². The predicted octanol–water partition coefficient (Wildman–Crippen LogP) is 1.33. The first kappa shape index (κ1) is 11.7. The first-order valence-corrected chi connectivity index (χ1v) is 4.78. The summed E-state index contributed by atoms with van der Waals surface area (Å²) in [5.41, 5.74) is 0.918. The molecule has 0 spiro atoms. The lowest BCUT2D eigenvalue weighted by molar-refractivity contribution is 0.286. The van der Waals surface area contributed by atoms with Gasteiger partial charge in [-0.3, -0.25) is 0 Å². The molecule has 0 aliphatic carbocycles. The number of aliphatic hydroxyl groups excluding tert-OH is 1. The van der Waals surface area contributed by atoms with Crippen LogP contribution in [0.3, 0.4) is 0 Å². The van der Waals surface area contributed by atoms with E-state index >= 15 is 0 Å². The molecular weight excluding hydrogens is 196 g/mol. The van der Waals surface area contributed by atoms with Crippen molar-refractivity contribution in [3.63, 3.8) is 0 Å². The molecule has 0 radical (unpaired) electrons. The van der Waals surface area contributed by atoms with Crippen LogP contribution in [0.25, 0.3) is 0 Å². The Labute approximate surface area is 89.1 Å². The zero-order valence-corrected chi connectivity index (χ0v) is 8.99. The van der Waals surface area contributed by atoms with Crippen LogP contribution in [0.1, 0.15) is 12.0 Å². The van der Waals surface area contributed by atoms with Gasteiger partial charge in [-0.05, 0) is 24.5 Å². The van der Waals surface area contributed by atoms with E-state index < -0.39 is 0 Å². The van der Waals surface area contributed by atoms with E-state index in [0.717, 1.165) is 5.56 Å². The van der Waals surface area contributed by atoms with Gasteiger partial charge in [-0.1, -0.05) is 6.07 Å². The summed E-state index contributed by atoms with van der Waals surface area (Å²) in [5.74, 6) is 0.931. The second kappa shape index (κ2) is 5.46. The number of phenols is 1. The Bertz CT molecular complexity index is 323. The van der Waals surface area contributed by atoms with Crippen LogP contribution in [0.15, 0.2) is 12.1 Å². The van der Waals surface area contributed by atoms with Crippen molar-refractivity contribution in [3.8, 4) is 17.2 Å². The number of methoxy groups -OCH3 is 2. The fraction of sp³-hybridized carbons (Fsp3) is 0.455. The van der Waals surface area contributed by atoms with Gasteiger partial charge in [0, 0.05) is 6.61 Å². The SMILES string of the molecule is COc1c(O)ccc(CCCO)c1OC. The normalized spacial score (nSPS) is 10.1. The van der Waals surface area contributed by atoms with Crippen LogP contribution in [0.4, 0.5) is 0 Å². The Kier molecular flexibility index (Phi) is 4.24. The molecule has 1 aromatic rings. The van der Waals surface area contributed by atoms with Crippen LogP contribution in [0.5, 0.6) is 17.2 Å². The minimum Gasteiger partial charge on any atom is -0.504 e. The largest absolute Gasteiger partial charge is 0.504 e. The molecule has 0 unspecified atom stereocenters. The number of ether oxygens (including phenoxy) is 2. The zero-order valence-electron chi connectivity index (χ0n) is 8.99. The number of phenolic OH excluding ortho intramolecular Hbond substituents is 1. The third kappa shape index (κ3) is 2.53. The molecule has 0 heterocycles. The van der Waals surface area contributed by atoms with Gasteiger partial charge >= 0.3 is 0 Å². The first-order valence-electron chi connectivity index (χ1n) is 4.78. The molecule has 84 valence electrons. The molecule has 4 nitrogen and oxygen atoms in total. The van der Waals surface area contributed by atoms with Crippen molar-refractivity contribution in [3.05, 3.63) is 17.7 Å². The molecule has 1 aromatic carbocycles. The highest BCUT2D eigenvalue weighted by atomic mass is 16.5. The summed E-state index contributed by atoms with van der Waals surface area (Å²) < 4.78 is 10.2. The lowest BCUT2D eigenvalue weighted by Crippen LogP contribution is -1.97. The number of hydrogen-bond donors (Lipinski definition) is 2. The molecule has 0 atom stereocenters. The summed E-state index contributed by atoms with van der Waals surface area (Å²) in [6.45, 7) is 0.131. The van der Waals surface area contributed by atoms with Crippen LogP contribution in [-0.4, -0.2) is 31.0 Å². The van der Waals surface area contributed by atoms with E-state index in [2.05, 4.69) is 0 Å². The van der Waals surface area contributed by atoms with Crippen LogP contribution < -0.4 is 9.47 Å². The van der Waals surface area contributed by atoms with Gasteiger partial charge in [-0.2, -0.15) is 0 Å². The number of aryl methyl sites for hydroxylation is 1. The van der Waals surface area contributed by atoms with Gasteiger partial charge in [0.1, 0.15) is 0 Å². The summed E-state index contributed by atoms with van der Waals surface area (Å²) in [4.78, 5) is 0. The fourth-order valence-electron chi connectivity index (χ4n) is 1.48. The van der Waals surface area contributed by atoms with Gasteiger partial charge in [0.2, 0.25) is 5.75 Å². The van der Waals surface area contributed by atoms with Gasteiger partial charge in [0.15, 0.2) is 11.5 Å². The third-order valence-corrected chi connectivity index (χ3v) is 2.19. The maximum atomic E-state index is 9.52. The zero-order chi connectivity index (χ0) is 11.3. The van der Waals surface area contributed by atoms with E-state index in [9.17, 15) is 5.11 Å². The lowest BCUT2D eigenvalue weighted by atomic mass is 10.1. The van der Waals surface area contributed by atoms with Crippen molar-refractivity contribution in [2.75, 3.05) is 20.8 Å². The Balaban J connectivity index is 3.05. The summed E-state index contributed by atoms with van der Waals surface area (Å²) in [6, 6.07) is 3.33. The number of hydrogen-bond acceptors (Lipinski definition) is 4. The molecule has 0 saturated heterocycles. The molecule has 0 amide bonds. The van der Waals surface area contributed by atoms with E-state index in [1.807, 2.05) is 0 Å². The maximum absolute atomic E-state index is 9.52. The van der Waals surface area contributed by atoms with Crippen LogP contribution >= 0.6 is 0 Å². The van der Waals surface area contributed by atoms with Gasteiger partial charge < -0.3 is 19.7 Å². The summed E-state index contributed by atoms with van der Waals surface area (Å²) in [5, 5.41) is 18.3. The smallest absolute Gasteiger partial charge is 0.203 e. The van der Waals surface area contributed by atoms with Gasteiger partial charge in [0.05, 0.1) is 14.2 Å². The molecule has 0 saturated carbocycles. The standard InChI is InChI=1S/C11H16O4/c1-14-10-8(4-3-7-12)5-6-9(13)11(10)15-2/h5-6,12-13H,3-4,7H2,1-2H3. The third-order valence-electron chi connectivity index (χ3n) is 2.19. The number of aliphatic hydroxyl groups is 1. The molecule has 2 N–H and O–H groups in total. The molecule has 0 aromatic heterocycles. The van der Waals surface area contributed by atoms with Crippen molar-refractivity contribution in [2.24, 2.45) is 0 Å². The first-order chi connectivity index (χ1) is 7.24. The molecule has 4 heteroatoms. The van der Waals surface area contributed by atoms with Gasteiger partial charge in [-0.15, -0.1) is 0 Å². The minimum atomic E-state index is 0.0575. The van der Waals surface area contributed by atoms with Crippen molar-refractivity contribution in [1.29, 1.82) is 0 Å². The second-order valence-electron chi connectivity index (χ2n) is 3.14. The van der Waals surface area contributed by atoms with Gasteiger partial charge in [-0.25, -0.2) is 0 Å². The Morgan fingerprint density at radius 2 is 1.80 bits per heavy atom. The van der Waals surface area contributed by atoms with Crippen molar-refractivity contribution >= 4 is 0 Å². The van der Waals surface area contributed by atoms with E-state index in [-0.39, 0.29) is 12.4 Å². The highest BCUT2D eigenvalue weighted by Crippen LogP contribution is 2.39. The summed E-state index contributed by atoms with van der Waals surface area (Å²) >= 11 is 0. The Morgan fingerprint density at radius 3 is 2.33 bits per heavy atom. The van der Waals surface area contributed by atoms with Gasteiger partial charge in [0.25, 0.3) is 0 Å². The van der Waals surface area contributed by atoms with E-state index in [1.165, 1.54) is 14.2 Å². The molecular formula is C11H16O4. The molecule has 0 bridgehead atoms. The number of benzene rings is 1. The molecule has 0 fully saturated rings. The minimum absolute atomic E-state index is 0.0575. The number of aromatic hydroxyl groups is 1. The molecule has 1 rings (SSSR count). The van der Waals surface area contributed by atoms with Crippen LogP contribution in [-0.2, 0) is 6.42 Å². The average Bonchev–Trinajstić information content (AvgIpc) is 2.26. The highest BCUT2D eigenvalue weighted by molar-refractivity contribution is 5.55. The van der Waals surface area contributed by atoms with Crippen LogP contribution in [0, 0.1) is 0 Å². The van der Waals surface area contributed by atoms with E-state index in [4.69, 9.17) is 14.6 Å². The van der Waals surface area contributed by atoms with Crippen LogP contribution in [0.2, 0.25) is 0 Å². The fourth-order valence-corrected chi connectivity index (χ4v) is 1.48. The lowest BCUT2D eigenvalue weighted by Gasteiger charge is -2.13. The predicted molar refractivity (Wildman–Crippen MR) is 56.6 cm³/mol. The molecule has 15 heavy (non-hydrogen) atoms. The molecule has 0 aliphatic heterocycles. The quantitative estimate of drug-likeness (QED) is 0.773. The monoisotopic (exact) mass is 212 g/mol. The van der Waals surface area contributed by atoms with Crippen molar-refractivity contribution < 1.29 is 19.7 Å². The van der Waals surface area contributed by atoms with E-state index in [0.29, 0.717) is 24.3 Å². The Morgan fingerprint density at radius 1 is 1.13 bits per heavy atom. The van der Waals surface area contributed by atoms with Crippen molar-refractivity contribution in [1.82, 2.24) is 0 Å². The second-order valence-corrected chi connectivity index (χ2v) is 3.14. The highest BCUT2D eigenvalue weighted by Gasteiger charge is 2.13. The van der Waals surface area contributed by atoms with Crippen molar-refractivity contribution in [2.45, 2.75) is 12.8 Å². The molecule has 0 aliphatic rings. The maximum Gasteiger partial charge on any atom is 0.203 e. The number of rotatable bonds is 5. The Hall–Kier alpha value is -1.42. The summed E-state index contributed by atoms with van der Waals surface area (Å²) in [7, 11) is 3.01. The average molecular weight is 212 g/mol. The summed E-state index contributed by atoms with van der Waals surface area (Å²) in [6.07, 6.45) is 1.35.